The maximum atomic E-state index is 7.67. The first kappa shape index (κ1) is 44.1. The third-order valence-electron chi connectivity index (χ3n) is 16.4. The van der Waals surface area contributed by atoms with Crippen molar-refractivity contribution in [2.75, 3.05) is 14.7 Å². The minimum atomic E-state index is -0.223. The van der Waals surface area contributed by atoms with E-state index in [9.17, 15) is 0 Å². The van der Waals surface area contributed by atoms with Crippen LogP contribution >= 0.6 is 11.8 Å². The second-order valence-corrected chi connectivity index (χ2v) is 23.1. The molecule has 4 nitrogen and oxygen atoms in total. The van der Waals surface area contributed by atoms with Crippen LogP contribution in [-0.4, -0.2) is 6.71 Å². The number of furan rings is 1. The van der Waals surface area contributed by atoms with Crippen molar-refractivity contribution in [1.82, 2.24) is 0 Å². The summed E-state index contributed by atoms with van der Waals surface area (Å²) in [6, 6.07) is 83.5. The molecule has 0 atom stereocenters. The largest absolute Gasteiger partial charge is 0.468 e. The minimum absolute atomic E-state index is 0.0635. The second-order valence-electron chi connectivity index (χ2n) is 22.0. The van der Waals surface area contributed by atoms with Gasteiger partial charge in [-0.2, -0.15) is 0 Å². The van der Waals surface area contributed by atoms with Crippen LogP contribution in [0.15, 0.2) is 239 Å². The van der Waals surface area contributed by atoms with Crippen molar-refractivity contribution in [3.8, 4) is 33.4 Å². The van der Waals surface area contributed by atoms with E-state index in [0.717, 1.165) is 67.8 Å². The SMILES string of the molecule is CC(C)(C)c1ccc(N2c3cccc4c3B(c3ccc5cc3N4c3ccccc3Sc3ccccc3N5c3ccccc3-c3ccccc3)c3oc4cc5c(cc4c32)-c2ccccc2C5(C)C)c(-c2ccccc2)c1. The lowest BCUT2D eigenvalue weighted by molar-refractivity contribution is 0.590. The number of anilines is 9. The molecule has 0 spiro atoms. The first-order valence-corrected chi connectivity index (χ1v) is 27.0. The Labute approximate surface area is 443 Å². The van der Waals surface area contributed by atoms with Crippen molar-refractivity contribution < 1.29 is 4.42 Å². The fourth-order valence-electron chi connectivity index (χ4n) is 12.8. The summed E-state index contributed by atoms with van der Waals surface area (Å²) in [4.78, 5) is 9.93. The number of para-hydroxylation sites is 3. The third kappa shape index (κ3) is 6.52. The molecule has 10 aromatic carbocycles. The van der Waals surface area contributed by atoms with Crippen LogP contribution in [0.1, 0.15) is 51.3 Å². The zero-order chi connectivity index (χ0) is 50.3. The highest BCUT2D eigenvalue weighted by Gasteiger charge is 2.48. The molecule has 358 valence electrons. The fourth-order valence-corrected chi connectivity index (χ4v) is 13.9. The highest BCUT2D eigenvalue weighted by molar-refractivity contribution is 7.99. The number of benzene rings is 10. The number of hydrogen-bond acceptors (Lipinski definition) is 5. The number of hydrogen-bond donors (Lipinski definition) is 0. The molecule has 0 saturated heterocycles. The van der Waals surface area contributed by atoms with E-state index in [0.29, 0.717) is 0 Å². The summed E-state index contributed by atoms with van der Waals surface area (Å²) in [7, 11) is 0. The minimum Gasteiger partial charge on any atom is -0.468 e. The predicted octanol–water partition coefficient (Wildman–Crippen LogP) is 17.4. The van der Waals surface area contributed by atoms with Gasteiger partial charge in [-0.1, -0.05) is 192 Å². The van der Waals surface area contributed by atoms with Gasteiger partial charge in [0.15, 0.2) is 0 Å². The maximum Gasteiger partial charge on any atom is 0.297 e. The van der Waals surface area contributed by atoms with Crippen molar-refractivity contribution in [3.05, 3.63) is 241 Å². The molecule has 1 aromatic heterocycles. The number of rotatable bonds is 4. The Morgan fingerprint density at radius 3 is 1.75 bits per heavy atom. The van der Waals surface area contributed by atoms with Gasteiger partial charge in [-0.05, 0) is 134 Å². The standard InChI is InChI=1S/C69H52BN3OS/c1-68(2,3)45-35-38-56(49(39-45)44-23-10-7-11-24-44)73-60-32-20-31-59-65(60)70(67-66(73)51-41-50-48-26-12-14-27-52(48)69(4,5)53(50)42-62(51)74-67)54-37-36-46-40-61(54)72(59)58-30-17-19-34-64(58)75-63-33-18-16-29-57(63)71(46)55-28-15-13-25-47(55)43-21-8-6-9-22-43/h6-42H,1-5H3. The molecule has 11 aromatic rings. The first-order chi connectivity index (χ1) is 36.6. The molecule has 3 aliphatic heterocycles. The summed E-state index contributed by atoms with van der Waals surface area (Å²) in [5.41, 5.74) is 25.3. The molecule has 4 heterocycles. The highest BCUT2D eigenvalue weighted by atomic mass is 32.2. The Bertz CT molecular complexity index is 4150. The van der Waals surface area contributed by atoms with E-state index in [1.165, 1.54) is 70.8 Å². The monoisotopic (exact) mass is 981 g/mol. The molecular formula is C69H52BN3OS. The van der Waals surface area contributed by atoms with Gasteiger partial charge in [0.2, 0.25) is 0 Å². The van der Waals surface area contributed by atoms with Crippen LogP contribution in [0.2, 0.25) is 0 Å². The Morgan fingerprint density at radius 1 is 0.440 bits per heavy atom. The van der Waals surface area contributed by atoms with E-state index in [1.54, 1.807) is 0 Å². The smallest absolute Gasteiger partial charge is 0.297 e. The third-order valence-corrected chi connectivity index (χ3v) is 17.5. The van der Waals surface area contributed by atoms with Gasteiger partial charge in [0.25, 0.3) is 6.71 Å². The molecule has 4 aliphatic rings. The molecule has 0 unspecified atom stereocenters. The van der Waals surface area contributed by atoms with Crippen molar-refractivity contribution in [1.29, 1.82) is 0 Å². The molecule has 0 saturated carbocycles. The van der Waals surface area contributed by atoms with E-state index in [1.807, 2.05) is 11.8 Å². The van der Waals surface area contributed by atoms with Crippen LogP contribution < -0.4 is 31.3 Å². The summed E-state index contributed by atoms with van der Waals surface area (Å²) in [5, 5.41) is 1.11. The van der Waals surface area contributed by atoms with Crippen molar-refractivity contribution in [2.45, 2.75) is 55.2 Å². The van der Waals surface area contributed by atoms with Crippen molar-refractivity contribution in [2.24, 2.45) is 0 Å². The van der Waals surface area contributed by atoms with Crippen molar-refractivity contribution in [3.63, 3.8) is 0 Å². The quantitative estimate of drug-likeness (QED) is 0.164. The van der Waals surface area contributed by atoms with Gasteiger partial charge >= 0.3 is 0 Å². The molecule has 75 heavy (non-hydrogen) atoms. The van der Waals surface area contributed by atoms with Gasteiger partial charge in [0.05, 0.1) is 34.1 Å². The first-order valence-electron chi connectivity index (χ1n) is 26.2. The summed E-state index contributed by atoms with van der Waals surface area (Å²) in [6.45, 7) is 11.4. The Hall–Kier alpha value is -8.45. The van der Waals surface area contributed by atoms with E-state index in [4.69, 9.17) is 4.42 Å². The predicted molar refractivity (Wildman–Crippen MR) is 316 cm³/mol. The molecule has 0 radical (unpaired) electrons. The summed E-state index contributed by atoms with van der Waals surface area (Å²) >= 11 is 1.83. The lowest BCUT2D eigenvalue weighted by Crippen LogP contribution is -2.61. The second kappa shape index (κ2) is 16.3. The molecule has 2 bridgehead atoms. The molecule has 0 fully saturated rings. The van der Waals surface area contributed by atoms with Crippen LogP contribution in [0.3, 0.4) is 0 Å². The van der Waals surface area contributed by atoms with E-state index in [2.05, 4.69) is 274 Å². The molecule has 0 N–H and O–H groups in total. The normalized spacial score (nSPS) is 14.4. The van der Waals surface area contributed by atoms with E-state index in [-0.39, 0.29) is 17.5 Å². The zero-order valence-corrected chi connectivity index (χ0v) is 43.4. The molecule has 15 rings (SSSR count). The Morgan fingerprint density at radius 2 is 1.03 bits per heavy atom. The van der Waals surface area contributed by atoms with E-state index >= 15 is 0 Å². The lowest BCUT2D eigenvalue weighted by Gasteiger charge is -2.44. The van der Waals surface area contributed by atoms with Crippen LogP contribution in [0.25, 0.3) is 44.3 Å². The van der Waals surface area contributed by atoms with Crippen LogP contribution in [0.5, 0.6) is 0 Å². The fraction of sp³-hybridized carbons (Fsp3) is 0.101. The topological polar surface area (TPSA) is 22.9 Å². The van der Waals surface area contributed by atoms with Crippen LogP contribution in [0, 0.1) is 0 Å². The molecular weight excluding hydrogens is 930 g/mol. The summed E-state index contributed by atoms with van der Waals surface area (Å²) in [6.07, 6.45) is 0. The average Bonchev–Trinajstić information content (AvgIpc) is 3.92. The molecule has 0 amide bonds. The lowest BCUT2D eigenvalue weighted by atomic mass is 9.35. The number of nitrogens with zero attached hydrogens (tertiary/aromatic N) is 3. The van der Waals surface area contributed by atoms with Crippen molar-refractivity contribution >= 4 is 97.2 Å². The Balaban J connectivity index is 1.04. The van der Waals surface area contributed by atoms with Gasteiger partial charge in [-0.15, -0.1) is 0 Å². The van der Waals surface area contributed by atoms with Gasteiger partial charge in [0.1, 0.15) is 5.58 Å². The maximum absolute atomic E-state index is 7.67. The average molecular weight is 982 g/mol. The molecule has 6 heteroatoms. The summed E-state index contributed by atoms with van der Waals surface area (Å²) in [5.74, 6) is 0. The van der Waals surface area contributed by atoms with Crippen LogP contribution in [0.4, 0.5) is 51.2 Å². The van der Waals surface area contributed by atoms with E-state index < -0.39 is 0 Å². The van der Waals surface area contributed by atoms with Gasteiger partial charge in [0, 0.05) is 54.5 Å². The van der Waals surface area contributed by atoms with Gasteiger partial charge < -0.3 is 19.1 Å². The van der Waals surface area contributed by atoms with Crippen LogP contribution in [-0.2, 0) is 10.8 Å². The number of fused-ring (bicyclic) bond motifs is 13. The molecule has 1 aliphatic carbocycles. The highest BCUT2D eigenvalue weighted by Crippen LogP contribution is 2.56. The Kier molecular flexibility index (Phi) is 9.57. The van der Waals surface area contributed by atoms with Gasteiger partial charge in [-0.3, -0.25) is 0 Å². The summed E-state index contributed by atoms with van der Waals surface area (Å²) < 4.78 is 7.67. The zero-order valence-electron chi connectivity index (χ0n) is 42.6. The van der Waals surface area contributed by atoms with Gasteiger partial charge in [-0.25, -0.2) is 0 Å².